The van der Waals surface area contributed by atoms with E-state index in [4.69, 9.17) is 0 Å². The number of hydrogen-bond donors (Lipinski definition) is 0. The van der Waals surface area contributed by atoms with Crippen LogP contribution in [0.15, 0.2) is 18.2 Å². The maximum atomic E-state index is 13.3. The number of hydrogen-bond acceptors (Lipinski definition) is 2. The van der Waals surface area contributed by atoms with Crippen LogP contribution in [0.25, 0.3) is 0 Å². The summed E-state index contributed by atoms with van der Waals surface area (Å²) in [6.07, 6.45) is -3.88. The number of Topliss-reactive ketones (excluding diaryl/α,β-unsaturated/α-hetero) is 1. The lowest BCUT2D eigenvalue weighted by Crippen LogP contribution is -2.23. The third kappa shape index (κ3) is 2.57. The highest BCUT2D eigenvalue weighted by molar-refractivity contribution is 5.91. The van der Waals surface area contributed by atoms with Crippen molar-refractivity contribution in [3.63, 3.8) is 0 Å². The Balaban J connectivity index is 2.20. The van der Waals surface area contributed by atoms with Gasteiger partial charge in [-0.05, 0) is 24.1 Å². The Labute approximate surface area is 94.2 Å². The molecular weight excluding hydrogens is 240 g/mol. The Morgan fingerprint density at radius 2 is 2.00 bits per heavy atom. The molecule has 1 aliphatic rings. The van der Waals surface area contributed by atoms with Crippen LogP contribution in [0.4, 0.5) is 17.6 Å². The molecule has 2 nitrogen and oxygen atoms in total. The molecule has 6 heteroatoms. The largest absolute Gasteiger partial charge is 0.573 e. The van der Waals surface area contributed by atoms with Gasteiger partial charge in [0, 0.05) is 12.3 Å². The van der Waals surface area contributed by atoms with Crippen molar-refractivity contribution in [3.8, 4) is 5.75 Å². The van der Waals surface area contributed by atoms with Gasteiger partial charge in [-0.1, -0.05) is 6.07 Å². The standard InChI is InChI=1S/C11H8F4O2/c12-8-5-6(7-2-3-9(7)16)1-4-10(8)17-11(13,14)15/h1,4-5,7H,2-3H2. The van der Waals surface area contributed by atoms with Gasteiger partial charge in [0.15, 0.2) is 11.6 Å². The molecule has 1 fully saturated rings. The highest BCUT2D eigenvalue weighted by Gasteiger charge is 2.34. The minimum Gasteiger partial charge on any atom is -0.403 e. The Morgan fingerprint density at radius 1 is 1.29 bits per heavy atom. The summed E-state index contributed by atoms with van der Waals surface area (Å²) in [6, 6.07) is 3.10. The van der Waals surface area contributed by atoms with Gasteiger partial charge in [0.05, 0.1) is 0 Å². The normalized spacial score (nSPS) is 20.0. The third-order valence-corrected chi connectivity index (χ3v) is 2.65. The molecule has 2 rings (SSSR count). The van der Waals surface area contributed by atoms with Crippen LogP contribution in [0, 0.1) is 5.82 Å². The number of carbonyl (C=O) groups excluding carboxylic acids is 1. The zero-order chi connectivity index (χ0) is 12.6. The van der Waals surface area contributed by atoms with Gasteiger partial charge in [-0.2, -0.15) is 0 Å². The fraction of sp³-hybridized carbons (Fsp3) is 0.364. The van der Waals surface area contributed by atoms with Crippen LogP contribution in [0.1, 0.15) is 24.3 Å². The van der Waals surface area contributed by atoms with Crippen molar-refractivity contribution in [3.05, 3.63) is 29.6 Å². The van der Waals surface area contributed by atoms with Gasteiger partial charge in [-0.25, -0.2) is 4.39 Å². The molecule has 1 unspecified atom stereocenters. The zero-order valence-electron chi connectivity index (χ0n) is 8.55. The van der Waals surface area contributed by atoms with E-state index in [1.165, 1.54) is 6.07 Å². The lowest BCUT2D eigenvalue weighted by Gasteiger charge is -2.24. The Bertz CT molecular complexity index is 453. The van der Waals surface area contributed by atoms with Crippen LogP contribution in [-0.4, -0.2) is 12.1 Å². The summed E-state index contributed by atoms with van der Waals surface area (Å²) in [7, 11) is 0. The molecule has 1 saturated carbocycles. The molecule has 0 spiro atoms. The Kier molecular flexibility index (Phi) is 2.81. The molecule has 0 saturated heterocycles. The van der Waals surface area contributed by atoms with Crippen molar-refractivity contribution in [2.24, 2.45) is 0 Å². The summed E-state index contributed by atoms with van der Waals surface area (Å²) >= 11 is 0. The highest BCUT2D eigenvalue weighted by Crippen LogP contribution is 2.35. The minimum atomic E-state index is -4.92. The minimum absolute atomic E-state index is 0.0195. The van der Waals surface area contributed by atoms with Gasteiger partial charge in [-0.15, -0.1) is 13.2 Å². The average molecular weight is 248 g/mol. The topological polar surface area (TPSA) is 26.3 Å². The molecule has 0 amide bonds. The number of benzene rings is 1. The number of rotatable bonds is 2. The molecule has 0 radical (unpaired) electrons. The zero-order valence-corrected chi connectivity index (χ0v) is 8.55. The monoisotopic (exact) mass is 248 g/mol. The van der Waals surface area contributed by atoms with E-state index in [1.54, 1.807) is 0 Å². The Hall–Kier alpha value is -1.59. The van der Waals surface area contributed by atoms with Crippen molar-refractivity contribution in [1.29, 1.82) is 0 Å². The second kappa shape index (κ2) is 4.01. The fourth-order valence-corrected chi connectivity index (χ4v) is 1.70. The van der Waals surface area contributed by atoms with E-state index in [0.29, 0.717) is 18.4 Å². The molecule has 92 valence electrons. The van der Waals surface area contributed by atoms with E-state index in [1.807, 2.05) is 0 Å². The van der Waals surface area contributed by atoms with Crippen LogP contribution in [-0.2, 0) is 4.79 Å². The molecule has 0 aliphatic heterocycles. The summed E-state index contributed by atoms with van der Waals surface area (Å²) in [4.78, 5) is 11.1. The molecule has 0 heterocycles. The summed E-state index contributed by atoms with van der Waals surface area (Å²) in [5.74, 6) is -2.40. The first-order chi connectivity index (χ1) is 7.87. The number of ether oxygens (including phenoxy) is 1. The van der Waals surface area contributed by atoms with Gasteiger partial charge in [0.2, 0.25) is 0 Å². The van der Waals surface area contributed by atoms with Crippen molar-refractivity contribution >= 4 is 5.78 Å². The highest BCUT2D eigenvalue weighted by atomic mass is 19.4. The van der Waals surface area contributed by atoms with Crippen molar-refractivity contribution in [2.45, 2.75) is 25.1 Å². The molecule has 1 aliphatic carbocycles. The molecule has 0 bridgehead atoms. The van der Waals surface area contributed by atoms with Gasteiger partial charge in [0.25, 0.3) is 0 Å². The van der Waals surface area contributed by atoms with E-state index in [9.17, 15) is 22.4 Å². The Morgan fingerprint density at radius 3 is 2.41 bits per heavy atom. The maximum absolute atomic E-state index is 13.3. The van der Waals surface area contributed by atoms with E-state index >= 15 is 0 Å². The molecule has 0 N–H and O–H groups in total. The van der Waals surface area contributed by atoms with Crippen molar-refractivity contribution < 1.29 is 27.1 Å². The maximum Gasteiger partial charge on any atom is 0.573 e. The number of carbonyl (C=O) groups is 1. The second-order valence-corrected chi connectivity index (χ2v) is 3.80. The second-order valence-electron chi connectivity index (χ2n) is 3.80. The summed E-state index contributed by atoms with van der Waals surface area (Å²) in [5, 5.41) is 0. The predicted molar refractivity (Wildman–Crippen MR) is 50.1 cm³/mol. The van der Waals surface area contributed by atoms with Crippen LogP contribution < -0.4 is 4.74 Å². The molecular formula is C11H8F4O2. The van der Waals surface area contributed by atoms with E-state index in [0.717, 1.165) is 12.1 Å². The fourth-order valence-electron chi connectivity index (χ4n) is 1.70. The van der Waals surface area contributed by atoms with Crippen LogP contribution in [0.3, 0.4) is 0 Å². The molecule has 1 aromatic carbocycles. The van der Waals surface area contributed by atoms with Crippen LogP contribution in [0.2, 0.25) is 0 Å². The first-order valence-corrected chi connectivity index (χ1v) is 4.95. The molecule has 1 atom stereocenters. The average Bonchev–Trinajstić information content (AvgIpc) is 2.18. The first-order valence-electron chi connectivity index (χ1n) is 4.95. The molecule has 0 aromatic heterocycles. The number of alkyl halides is 3. The molecule has 17 heavy (non-hydrogen) atoms. The lowest BCUT2D eigenvalue weighted by atomic mass is 9.79. The van der Waals surface area contributed by atoms with Crippen LogP contribution in [0.5, 0.6) is 5.75 Å². The van der Waals surface area contributed by atoms with Gasteiger partial charge >= 0.3 is 6.36 Å². The van der Waals surface area contributed by atoms with Crippen LogP contribution >= 0.6 is 0 Å². The van der Waals surface area contributed by atoms with Gasteiger partial charge < -0.3 is 4.74 Å². The SMILES string of the molecule is O=C1CCC1c1ccc(OC(F)(F)F)c(F)c1. The first kappa shape index (κ1) is 11.9. The number of ketones is 1. The smallest absolute Gasteiger partial charge is 0.403 e. The third-order valence-electron chi connectivity index (χ3n) is 2.65. The summed E-state index contributed by atoms with van der Waals surface area (Å²) < 4.78 is 52.4. The van der Waals surface area contributed by atoms with Crippen molar-refractivity contribution in [2.75, 3.05) is 0 Å². The van der Waals surface area contributed by atoms with E-state index < -0.39 is 17.9 Å². The predicted octanol–water partition coefficient (Wildman–Crippen LogP) is 3.17. The lowest BCUT2D eigenvalue weighted by molar-refractivity contribution is -0.275. The van der Waals surface area contributed by atoms with E-state index in [-0.39, 0.29) is 11.7 Å². The van der Waals surface area contributed by atoms with E-state index in [2.05, 4.69) is 4.74 Å². The molecule has 1 aromatic rings. The summed E-state index contributed by atoms with van der Waals surface area (Å²) in [5.41, 5.74) is 0.397. The summed E-state index contributed by atoms with van der Waals surface area (Å²) in [6.45, 7) is 0. The van der Waals surface area contributed by atoms with Gasteiger partial charge in [-0.3, -0.25) is 4.79 Å². The van der Waals surface area contributed by atoms with Gasteiger partial charge in [0.1, 0.15) is 5.78 Å². The quantitative estimate of drug-likeness (QED) is 0.751. The van der Waals surface area contributed by atoms with Crippen molar-refractivity contribution in [1.82, 2.24) is 0 Å². The number of halogens is 4.